The van der Waals surface area contributed by atoms with E-state index in [1.54, 1.807) is 20.8 Å². The van der Waals surface area contributed by atoms with E-state index in [-0.39, 0.29) is 22.5 Å². The van der Waals surface area contributed by atoms with Gasteiger partial charge >= 0.3 is 12.1 Å². The van der Waals surface area contributed by atoms with Crippen molar-refractivity contribution < 1.29 is 27.9 Å². The van der Waals surface area contributed by atoms with E-state index in [9.17, 15) is 9.59 Å². The molecule has 3 aromatic rings. The number of carbonyl (C=O) groups is 2. The SMILES string of the molecule is CCC(CC)(c1ccc(CCC(C(C)(C)C)C(C)(C)C(O[Si]C)O[Si]C)c(C)c1)c1ccc(-c2ccc(C(NC(=O)OC(C)(C)C)C(=O)OC)cc2)c(C)c1. The number of carbonyl (C=O) groups excluding carboxylic acids is 2. The molecule has 300 valence electrons. The summed E-state index contributed by atoms with van der Waals surface area (Å²) in [5.41, 5.74) is 8.45. The first-order valence-electron chi connectivity index (χ1n) is 19.7. The average molecular weight is 786 g/mol. The topological polar surface area (TPSA) is 83.1 Å². The molecule has 0 aromatic heterocycles. The molecule has 0 aliphatic heterocycles. The average Bonchev–Trinajstić information content (AvgIpc) is 3.10. The third kappa shape index (κ3) is 11.4. The number of alkyl carbamates (subject to hydrolysis) is 1. The van der Waals surface area contributed by atoms with E-state index in [4.69, 9.17) is 18.3 Å². The zero-order valence-corrected chi connectivity index (χ0v) is 38.3. The molecule has 0 fully saturated rings. The highest BCUT2D eigenvalue weighted by Gasteiger charge is 2.44. The molecule has 1 N–H and O–H groups in total. The molecule has 0 aliphatic rings. The van der Waals surface area contributed by atoms with E-state index in [0.29, 0.717) is 31.0 Å². The molecule has 0 aliphatic carbocycles. The Balaban J connectivity index is 1.90. The number of amides is 1. The molecule has 7 nitrogen and oxygen atoms in total. The van der Waals surface area contributed by atoms with Crippen LogP contribution in [-0.4, -0.2) is 50.6 Å². The van der Waals surface area contributed by atoms with Crippen molar-refractivity contribution in [2.75, 3.05) is 7.11 Å². The molecular formula is C46H67NO6Si2. The number of methoxy groups -OCH3 is 1. The van der Waals surface area contributed by atoms with Crippen LogP contribution in [0.2, 0.25) is 13.1 Å². The molecule has 2 atom stereocenters. The predicted molar refractivity (Wildman–Crippen MR) is 228 cm³/mol. The summed E-state index contributed by atoms with van der Waals surface area (Å²) < 4.78 is 22.8. The Morgan fingerprint density at radius 1 is 0.764 bits per heavy atom. The molecule has 4 radical (unpaired) electrons. The maximum Gasteiger partial charge on any atom is 0.408 e. The number of nitrogens with one attached hydrogen (secondary N) is 1. The molecular weight excluding hydrogens is 719 g/mol. The van der Waals surface area contributed by atoms with Crippen LogP contribution in [0.3, 0.4) is 0 Å². The van der Waals surface area contributed by atoms with Crippen LogP contribution in [0.1, 0.15) is 128 Å². The van der Waals surface area contributed by atoms with E-state index < -0.39 is 23.7 Å². The first-order valence-corrected chi connectivity index (χ1v) is 22.5. The largest absolute Gasteiger partial charge is 0.467 e. The molecule has 0 bridgehead atoms. The Hall–Kier alpha value is -3.25. The van der Waals surface area contributed by atoms with Gasteiger partial charge in [-0.1, -0.05) is 109 Å². The summed E-state index contributed by atoms with van der Waals surface area (Å²) >= 11 is 0. The van der Waals surface area contributed by atoms with Crippen molar-refractivity contribution in [2.24, 2.45) is 16.7 Å². The van der Waals surface area contributed by atoms with E-state index in [1.807, 2.05) is 24.3 Å². The molecule has 0 saturated heterocycles. The Labute approximate surface area is 337 Å². The Morgan fingerprint density at radius 3 is 1.76 bits per heavy atom. The molecule has 1 amide bonds. The van der Waals surface area contributed by atoms with Gasteiger partial charge in [-0.15, -0.1) is 0 Å². The Bertz CT molecular complexity index is 1710. The molecule has 0 heterocycles. The fourth-order valence-corrected chi connectivity index (χ4v) is 9.62. The highest BCUT2D eigenvalue weighted by molar-refractivity contribution is 6.26. The number of benzene rings is 3. The maximum atomic E-state index is 12.7. The van der Waals surface area contributed by atoms with Gasteiger partial charge in [0, 0.05) is 10.8 Å². The minimum Gasteiger partial charge on any atom is -0.467 e. The summed E-state index contributed by atoms with van der Waals surface area (Å²) in [6.45, 7) is 30.2. The van der Waals surface area contributed by atoms with E-state index in [2.05, 4.69) is 117 Å². The van der Waals surface area contributed by atoms with Crippen molar-refractivity contribution in [3.05, 3.63) is 94.0 Å². The number of aryl methyl sites for hydroxylation is 3. The zero-order chi connectivity index (χ0) is 41.4. The second-order valence-electron chi connectivity index (χ2n) is 17.4. The number of esters is 1. The van der Waals surface area contributed by atoms with Crippen molar-refractivity contribution in [1.29, 1.82) is 0 Å². The van der Waals surface area contributed by atoms with Crippen molar-refractivity contribution >= 4 is 31.6 Å². The molecule has 0 saturated carbocycles. The van der Waals surface area contributed by atoms with Gasteiger partial charge in [0.2, 0.25) is 19.5 Å². The van der Waals surface area contributed by atoms with Crippen LogP contribution in [0.5, 0.6) is 0 Å². The van der Waals surface area contributed by atoms with Gasteiger partial charge in [-0.25, -0.2) is 9.59 Å². The van der Waals surface area contributed by atoms with Gasteiger partial charge in [0.05, 0.1) is 7.11 Å². The lowest BCUT2D eigenvalue weighted by molar-refractivity contribution is -0.143. The first-order chi connectivity index (χ1) is 25.7. The summed E-state index contributed by atoms with van der Waals surface area (Å²) in [6.07, 6.45) is 3.12. The van der Waals surface area contributed by atoms with E-state index in [1.165, 1.54) is 34.9 Å². The third-order valence-electron chi connectivity index (χ3n) is 11.2. The normalized spacial score (nSPS) is 13.7. The quantitative estimate of drug-likeness (QED) is 0.0834. The smallest absolute Gasteiger partial charge is 0.408 e. The molecule has 0 spiro atoms. The minimum atomic E-state index is -0.984. The number of hydrogen-bond donors (Lipinski definition) is 1. The first kappa shape index (κ1) is 46.1. The highest BCUT2D eigenvalue weighted by Crippen LogP contribution is 2.47. The van der Waals surface area contributed by atoms with Crippen LogP contribution in [0.15, 0.2) is 60.7 Å². The fourth-order valence-electron chi connectivity index (χ4n) is 8.40. The Kier molecular flexibility index (Phi) is 16.2. The van der Waals surface area contributed by atoms with Gasteiger partial charge in [-0.05, 0) is 129 Å². The summed E-state index contributed by atoms with van der Waals surface area (Å²) in [4.78, 5) is 25.2. The standard InChI is InChI=1S/C46H67NO6Si2/c1-16-46(17-2,35-24-22-32(30(3)28-35)23-27-38(43(5,6)7)45(11,12)41(52-54-14)53-55-15)36-25-26-37(31(4)29-36)33-18-20-34(21-19-33)39(40(48)50-13)47-42(49)51-44(8,9)10/h18-22,24-26,28-29,38-39,41H,16-17,23,27H2,1-15H3,(H,47,49). The van der Waals surface area contributed by atoms with Gasteiger partial charge in [0.1, 0.15) is 11.9 Å². The van der Waals surface area contributed by atoms with Crippen LogP contribution in [0.4, 0.5) is 4.79 Å². The number of rotatable bonds is 17. The van der Waals surface area contributed by atoms with E-state index in [0.717, 1.165) is 36.8 Å². The van der Waals surface area contributed by atoms with Crippen LogP contribution < -0.4 is 5.32 Å². The summed E-state index contributed by atoms with van der Waals surface area (Å²) in [7, 11) is 2.08. The lowest BCUT2D eigenvalue weighted by atomic mass is 9.63. The van der Waals surface area contributed by atoms with Crippen molar-refractivity contribution in [3.8, 4) is 11.1 Å². The third-order valence-corrected chi connectivity index (χ3v) is 12.1. The second-order valence-corrected chi connectivity index (χ2v) is 18.7. The predicted octanol–water partition coefficient (Wildman–Crippen LogP) is 11.1. The van der Waals surface area contributed by atoms with E-state index >= 15 is 0 Å². The lowest BCUT2D eigenvalue weighted by Crippen LogP contribution is -2.46. The van der Waals surface area contributed by atoms with Crippen LogP contribution >= 0.6 is 0 Å². The fraction of sp³-hybridized carbons (Fsp3) is 0.565. The zero-order valence-electron chi connectivity index (χ0n) is 36.3. The van der Waals surface area contributed by atoms with Gasteiger partial charge in [0.15, 0.2) is 6.04 Å². The highest BCUT2D eigenvalue weighted by atomic mass is 28.2. The monoisotopic (exact) mass is 785 g/mol. The van der Waals surface area contributed by atoms with Crippen LogP contribution in [0, 0.1) is 30.6 Å². The maximum absolute atomic E-state index is 12.7. The molecule has 9 heteroatoms. The van der Waals surface area contributed by atoms with Crippen molar-refractivity contribution in [3.63, 3.8) is 0 Å². The van der Waals surface area contributed by atoms with Gasteiger partial charge < -0.3 is 23.6 Å². The summed E-state index contributed by atoms with van der Waals surface area (Å²) in [5.74, 6) is -0.174. The lowest BCUT2D eigenvalue weighted by Gasteiger charge is -2.47. The van der Waals surface area contributed by atoms with Crippen molar-refractivity contribution in [1.82, 2.24) is 5.32 Å². The summed E-state index contributed by atoms with van der Waals surface area (Å²) in [6, 6.07) is 20.7. The number of hydrogen-bond acceptors (Lipinski definition) is 6. The number of ether oxygens (including phenoxy) is 2. The van der Waals surface area contributed by atoms with Crippen LogP contribution in [-0.2, 0) is 35.0 Å². The molecule has 3 rings (SSSR count). The minimum absolute atomic E-state index is 0.0894. The van der Waals surface area contributed by atoms with Gasteiger partial charge in [-0.3, -0.25) is 0 Å². The molecule has 3 aromatic carbocycles. The van der Waals surface area contributed by atoms with Gasteiger partial charge in [-0.2, -0.15) is 0 Å². The molecule has 2 unspecified atom stereocenters. The second kappa shape index (κ2) is 19.3. The summed E-state index contributed by atoms with van der Waals surface area (Å²) in [5, 5.41) is 2.66. The molecule has 55 heavy (non-hydrogen) atoms. The van der Waals surface area contributed by atoms with Gasteiger partial charge in [0.25, 0.3) is 0 Å². The Morgan fingerprint density at radius 2 is 1.31 bits per heavy atom. The van der Waals surface area contributed by atoms with Crippen molar-refractivity contribution in [2.45, 2.75) is 145 Å². The van der Waals surface area contributed by atoms with Crippen LogP contribution in [0.25, 0.3) is 11.1 Å².